The number of nitrogens with zero attached hydrogens (tertiary/aromatic N) is 3. The Labute approximate surface area is 134 Å². The van der Waals surface area contributed by atoms with E-state index in [4.69, 9.17) is 14.0 Å². The van der Waals surface area contributed by atoms with Crippen molar-refractivity contribution in [3.63, 3.8) is 0 Å². The van der Waals surface area contributed by atoms with E-state index in [-0.39, 0.29) is 11.8 Å². The summed E-state index contributed by atoms with van der Waals surface area (Å²) in [5.41, 5.74) is 0.908. The predicted molar refractivity (Wildman–Crippen MR) is 81.4 cm³/mol. The molecule has 7 heteroatoms. The van der Waals surface area contributed by atoms with Crippen molar-refractivity contribution >= 4 is 5.91 Å². The lowest BCUT2D eigenvalue weighted by molar-refractivity contribution is -0.128. The smallest absolute Gasteiger partial charge is 0.223 e. The van der Waals surface area contributed by atoms with Crippen LogP contribution in [0.15, 0.2) is 22.7 Å². The lowest BCUT2D eigenvalue weighted by atomic mass is 10.1. The third-order valence-electron chi connectivity index (χ3n) is 3.97. The molecule has 0 saturated carbocycles. The van der Waals surface area contributed by atoms with Crippen LogP contribution in [0.1, 0.15) is 29.6 Å². The van der Waals surface area contributed by atoms with E-state index in [0.29, 0.717) is 31.2 Å². The predicted octanol–water partition coefficient (Wildman–Crippen LogP) is 1.91. The van der Waals surface area contributed by atoms with Gasteiger partial charge < -0.3 is 18.9 Å². The Morgan fingerprint density at radius 2 is 2.17 bits per heavy atom. The number of aromatic nitrogens is 2. The third kappa shape index (κ3) is 3.13. The van der Waals surface area contributed by atoms with Crippen LogP contribution in [0.5, 0.6) is 11.5 Å². The van der Waals surface area contributed by atoms with Gasteiger partial charge in [0.15, 0.2) is 5.82 Å². The zero-order chi connectivity index (χ0) is 16.4. The zero-order valence-electron chi connectivity index (χ0n) is 13.4. The molecule has 2 heterocycles. The van der Waals surface area contributed by atoms with Crippen LogP contribution < -0.4 is 9.47 Å². The lowest BCUT2D eigenvalue weighted by Crippen LogP contribution is -2.24. The Bertz CT molecular complexity index is 713. The largest absolute Gasteiger partial charge is 0.497 e. The number of hydrogen-bond donors (Lipinski definition) is 0. The molecule has 0 aliphatic carbocycles. The molecule has 7 nitrogen and oxygen atoms in total. The van der Waals surface area contributed by atoms with Gasteiger partial charge in [-0.1, -0.05) is 5.16 Å². The fraction of sp³-hybridized carbons (Fsp3) is 0.438. The van der Waals surface area contributed by atoms with Crippen LogP contribution in [0.4, 0.5) is 0 Å². The summed E-state index contributed by atoms with van der Waals surface area (Å²) in [6.07, 6.45) is 0.394. The zero-order valence-corrected chi connectivity index (χ0v) is 13.4. The average Bonchev–Trinajstić information content (AvgIpc) is 3.14. The highest BCUT2D eigenvalue weighted by Crippen LogP contribution is 2.30. The molecule has 1 aliphatic rings. The Morgan fingerprint density at radius 3 is 2.83 bits per heavy atom. The first-order valence-corrected chi connectivity index (χ1v) is 7.39. The number of amides is 1. The normalized spacial score (nSPS) is 17.6. The molecule has 1 amide bonds. The van der Waals surface area contributed by atoms with Crippen LogP contribution in [0.2, 0.25) is 0 Å². The van der Waals surface area contributed by atoms with Crippen molar-refractivity contribution in [2.24, 2.45) is 0 Å². The van der Waals surface area contributed by atoms with Gasteiger partial charge in [0.25, 0.3) is 0 Å². The summed E-state index contributed by atoms with van der Waals surface area (Å²) in [5, 5.41) is 3.93. The van der Waals surface area contributed by atoms with Crippen LogP contribution in [0, 0.1) is 6.92 Å². The Balaban J connectivity index is 1.77. The highest BCUT2D eigenvalue weighted by molar-refractivity contribution is 5.79. The minimum absolute atomic E-state index is 0.0310. The average molecular weight is 317 g/mol. The quantitative estimate of drug-likeness (QED) is 0.838. The summed E-state index contributed by atoms with van der Waals surface area (Å²) in [5.74, 6) is 2.62. The topological polar surface area (TPSA) is 77.7 Å². The number of benzene rings is 1. The van der Waals surface area contributed by atoms with E-state index in [1.165, 1.54) is 0 Å². The molecule has 1 saturated heterocycles. The molecule has 0 spiro atoms. The number of likely N-dealkylation sites (tertiary alicyclic amines) is 1. The van der Waals surface area contributed by atoms with E-state index in [2.05, 4.69) is 10.1 Å². The number of methoxy groups -OCH3 is 2. The summed E-state index contributed by atoms with van der Waals surface area (Å²) < 4.78 is 15.6. The molecule has 0 bridgehead atoms. The molecular weight excluding hydrogens is 298 g/mol. The van der Waals surface area contributed by atoms with Crippen LogP contribution in [-0.4, -0.2) is 41.7 Å². The number of hydrogen-bond acceptors (Lipinski definition) is 6. The van der Waals surface area contributed by atoms with Gasteiger partial charge >= 0.3 is 0 Å². The molecule has 1 aliphatic heterocycles. The summed E-state index contributed by atoms with van der Waals surface area (Å²) in [4.78, 5) is 18.3. The van der Waals surface area contributed by atoms with E-state index in [0.717, 1.165) is 17.1 Å². The van der Waals surface area contributed by atoms with E-state index in [9.17, 15) is 4.79 Å². The van der Waals surface area contributed by atoms with E-state index >= 15 is 0 Å². The second kappa shape index (κ2) is 6.28. The number of rotatable bonds is 5. The van der Waals surface area contributed by atoms with Gasteiger partial charge in [0.2, 0.25) is 11.8 Å². The van der Waals surface area contributed by atoms with Crippen molar-refractivity contribution in [1.82, 2.24) is 15.0 Å². The van der Waals surface area contributed by atoms with Gasteiger partial charge in [0.1, 0.15) is 11.5 Å². The van der Waals surface area contributed by atoms with Gasteiger partial charge in [-0.15, -0.1) is 0 Å². The van der Waals surface area contributed by atoms with Gasteiger partial charge in [0.05, 0.1) is 14.2 Å². The standard InChI is InChI=1S/C16H19N3O4/c1-10-17-16(18-23-10)12-7-15(20)19(9-12)8-11-6-13(21-2)4-5-14(11)22-3/h4-6,12H,7-9H2,1-3H3. The third-order valence-corrected chi connectivity index (χ3v) is 3.97. The Hall–Kier alpha value is -2.57. The molecule has 1 aromatic carbocycles. The summed E-state index contributed by atoms with van der Waals surface area (Å²) >= 11 is 0. The fourth-order valence-corrected chi connectivity index (χ4v) is 2.79. The van der Waals surface area contributed by atoms with E-state index < -0.39 is 0 Å². The minimum Gasteiger partial charge on any atom is -0.497 e. The van der Waals surface area contributed by atoms with Gasteiger partial charge in [-0.05, 0) is 18.2 Å². The summed E-state index contributed by atoms with van der Waals surface area (Å²) in [7, 11) is 3.23. The van der Waals surface area contributed by atoms with Crippen molar-refractivity contribution in [3.8, 4) is 11.5 Å². The fourth-order valence-electron chi connectivity index (χ4n) is 2.79. The maximum Gasteiger partial charge on any atom is 0.223 e. The molecule has 122 valence electrons. The van der Waals surface area contributed by atoms with Crippen molar-refractivity contribution in [2.75, 3.05) is 20.8 Å². The second-order valence-electron chi connectivity index (χ2n) is 5.52. The van der Waals surface area contributed by atoms with Gasteiger partial charge in [-0.2, -0.15) is 4.98 Å². The van der Waals surface area contributed by atoms with E-state index in [1.54, 1.807) is 26.0 Å². The van der Waals surface area contributed by atoms with Crippen molar-refractivity contribution < 1.29 is 18.8 Å². The van der Waals surface area contributed by atoms with E-state index in [1.807, 2.05) is 18.2 Å². The minimum atomic E-state index is -0.0310. The van der Waals surface area contributed by atoms with Gasteiger partial charge in [-0.25, -0.2) is 0 Å². The molecule has 2 aromatic rings. The molecular formula is C16H19N3O4. The van der Waals surface area contributed by atoms with Crippen molar-refractivity contribution in [3.05, 3.63) is 35.5 Å². The first-order chi connectivity index (χ1) is 11.1. The Morgan fingerprint density at radius 1 is 1.35 bits per heavy atom. The lowest BCUT2D eigenvalue weighted by Gasteiger charge is -2.18. The molecule has 1 aromatic heterocycles. The number of aryl methyl sites for hydroxylation is 1. The molecule has 1 atom stereocenters. The highest BCUT2D eigenvalue weighted by Gasteiger charge is 2.33. The highest BCUT2D eigenvalue weighted by atomic mass is 16.5. The molecule has 3 rings (SSSR count). The van der Waals surface area contributed by atoms with Crippen LogP contribution >= 0.6 is 0 Å². The maximum atomic E-state index is 12.3. The molecule has 1 unspecified atom stereocenters. The summed E-state index contributed by atoms with van der Waals surface area (Å²) in [6.45, 7) is 2.77. The molecule has 0 radical (unpaired) electrons. The molecule has 1 fully saturated rings. The van der Waals surface area contributed by atoms with Crippen LogP contribution in [0.25, 0.3) is 0 Å². The first-order valence-electron chi connectivity index (χ1n) is 7.39. The van der Waals surface area contributed by atoms with Gasteiger partial charge in [-0.3, -0.25) is 4.79 Å². The van der Waals surface area contributed by atoms with Crippen molar-refractivity contribution in [1.29, 1.82) is 0 Å². The second-order valence-corrected chi connectivity index (χ2v) is 5.52. The SMILES string of the molecule is COc1ccc(OC)c(CN2CC(c3noc(C)n3)CC2=O)c1. The number of carbonyl (C=O) groups excluding carboxylic acids is 1. The van der Waals surface area contributed by atoms with Crippen LogP contribution in [-0.2, 0) is 11.3 Å². The number of carbonyl (C=O) groups is 1. The molecule has 0 N–H and O–H groups in total. The van der Waals surface area contributed by atoms with Crippen molar-refractivity contribution in [2.45, 2.75) is 25.8 Å². The monoisotopic (exact) mass is 317 g/mol. The first kappa shape index (κ1) is 15.3. The summed E-state index contributed by atoms with van der Waals surface area (Å²) in [6, 6.07) is 5.56. The van der Waals surface area contributed by atoms with Crippen LogP contribution in [0.3, 0.4) is 0 Å². The molecule has 23 heavy (non-hydrogen) atoms. The number of ether oxygens (including phenoxy) is 2. The maximum absolute atomic E-state index is 12.3. The van der Waals surface area contributed by atoms with Gasteiger partial charge in [0, 0.05) is 37.9 Å². The Kier molecular flexibility index (Phi) is 4.18.